The highest BCUT2D eigenvalue weighted by molar-refractivity contribution is 5.48. The van der Waals surface area contributed by atoms with Crippen LogP contribution in [-0.2, 0) is 0 Å². The summed E-state index contributed by atoms with van der Waals surface area (Å²) in [7, 11) is 4.31. The Labute approximate surface area is 133 Å². The molecule has 0 aliphatic carbocycles. The van der Waals surface area contributed by atoms with Crippen molar-refractivity contribution in [3.63, 3.8) is 0 Å². The summed E-state index contributed by atoms with van der Waals surface area (Å²) in [6.45, 7) is 6.99. The van der Waals surface area contributed by atoms with Crippen LogP contribution in [0.1, 0.15) is 35.6 Å². The summed E-state index contributed by atoms with van der Waals surface area (Å²) < 4.78 is 6.04. The van der Waals surface area contributed by atoms with Crippen LogP contribution in [0.2, 0.25) is 0 Å². The van der Waals surface area contributed by atoms with Crippen molar-refractivity contribution in [3.8, 4) is 5.75 Å². The molecule has 0 bridgehead atoms. The van der Waals surface area contributed by atoms with E-state index in [1.54, 1.807) is 0 Å². The number of likely N-dealkylation sites (N-methyl/N-ethyl adjacent to an activating group) is 1. The fraction of sp³-hybridized carbons (Fsp3) is 0.667. The van der Waals surface area contributed by atoms with Gasteiger partial charge < -0.3 is 14.7 Å². The molecule has 1 fully saturated rings. The molecule has 2 atom stereocenters. The van der Waals surface area contributed by atoms with Gasteiger partial charge in [-0.15, -0.1) is 0 Å². The number of nitrogens with zero attached hydrogens (tertiary/aromatic N) is 2. The van der Waals surface area contributed by atoms with E-state index in [1.807, 2.05) is 6.07 Å². The number of likely N-dealkylation sites (tertiary alicyclic amines) is 1. The Morgan fingerprint density at radius 1 is 1.23 bits per heavy atom. The van der Waals surface area contributed by atoms with Gasteiger partial charge in [0.05, 0.1) is 6.04 Å². The van der Waals surface area contributed by atoms with Crippen molar-refractivity contribution < 1.29 is 9.84 Å². The van der Waals surface area contributed by atoms with E-state index in [0.717, 1.165) is 42.8 Å². The lowest BCUT2D eigenvalue weighted by Gasteiger charge is -2.43. The average Bonchev–Trinajstić information content (AvgIpc) is 2.51. The van der Waals surface area contributed by atoms with Crippen LogP contribution in [0.25, 0.3) is 0 Å². The molecule has 22 heavy (non-hydrogen) atoms. The number of benzene rings is 1. The molecule has 1 saturated heterocycles. The molecular formula is C18H28N2O2. The van der Waals surface area contributed by atoms with Crippen LogP contribution in [0.4, 0.5) is 0 Å². The molecule has 2 heterocycles. The summed E-state index contributed by atoms with van der Waals surface area (Å²) in [5.41, 5.74) is 3.31. The van der Waals surface area contributed by atoms with Gasteiger partial charge in [0.15, 0.2) is 0 Å². The number of hydrogen-bond donors (Lipinski definition) is 1. The third kappa shape index (κ3) is 2.75. The molecule has 0 amide bonds. The molecule has 122 valence electrons. The van der Waals surface area contributed by atoms with Crippen molar-refractivity contribution in [2.24, 2.45) is 0 Å². The number of aryl methyl sites for hydroxylation is 1. The van der Waals surface area contributed by atoms with E-state index >= 15 is 0 Å². The highest BCUT2D eigenvalue weighted by Crippen LogP contribution is 2.38. The largest absolute Gasteiger partial charge is 0.491 e. The Morgan fingerprint density at radius 2 is 1.91 bits per heavy atom. The van der Waals surface area contributed by atoms with Crippen molar-refractivity contribution in [3.05, 3.63) is 28.8 Å². The zero-order valence-electron chi connectivity index (χ0n) is 14.2. The fourth-order valence-corrected chi connectivity index (χ4v) is 3.72. The van der Waals surface area contributed by atoms with Gasteiger partial charge >= 0.3 is 0 Å². The first-order valence-corrected chi connectivity index (χ1v) is 8.30. The lowest BCUT2D eigenvalue weighted by molar-refractivity contribution is -0.0146. The minimum absolute atomic E-state index is 0.0445. The minimum Gasteiger partial charge on any atom is -0.491 e. The number of piperidine rings is 1. The summed E-state index contributed by atoms with van der Waals surface area (Å²) >= 11 is 0. The molecule has 1 N–H and O–H groups in total. The highest BCUT2D eigenvalue weighted by Gasteiger charge is 2.36. The van der Waals surface area contributed by atoms with Gasteiger partial charge in [-0.25, -0.2) is 0 Å². The second-order valence-electron chi connectivity index (χ2n) is 6.95. The van der Waals surface area contributed by atoms with Crippen LogP contribution in [0, 0.1) is 13.8 Å². The predicted molar refractivity (Wildman–Crippen MR) is 88.4 cm³/mol. The molecule has 2 aliphatic rings. The van der Waals surface area contributed by atoms with Crippen molar-refractivity contribution in [1.29, 1.82) is 0 Å². The maximum atomic E-state index is 10.9. The van der Waals surface area contributed by atoms with Crippen LogP contribution in [0.5, 0.6) is 5.75 Å². The Bertz CT molecular complexity index is 538. The van der Waals surface area contributed by atoms with Crippen LogP contribution in [0.3, 0.4) is 0 Å². The van der Waals surface area contributed by atoms with Crippen LogP contribution in [0.15, 0.2) is 12.1 Å². The second kappa shape index (κ2) is 6.19. The third-order valence-corrected chi connectivity index (χ3v) is 5.58. The van der Waals surface area contributed by atoms with Crippen LogP contribution >= 0.6 is 0 Å². The van der Waals surface area contributed by atoms with E-state index in [4.69, 9.17) is 4.74 Å². The summed E-state index contributed by atoms with van der Waals surface area (Å²) in [5, 5.41) is 10.9. The number of fused-ring (bicyclic) bond motifs is 1. The lowest BCUT2D eigenvalue weighted by atomic mass is 9.92. The average molecular weight is 304 g/mol. The van der Waals surface area contributed by atoms with Gasteiger partial charge in [-0.2, -0.15) is 0 Å². The van der Waals surface area contributed by atoms with Crippen LogP contribution < -0.4 is 4.74 Å². The second-order valence-corrected chi connectivity index (χ2v) is 6.95. The van der Waals surface area contributed by atoms with E-state index < -0.39 is 6.10 Å². The first-order chi connectivity index (χ1) is 10.5. The first-order valence-electron chi connectivity index (χ1n) is 8.30. The zero-order chi connectivity index (χ0) is 15.9. The summed E-state index contributed by atoms with van der Waals surface area (Å²) in [5.74, 6) is 0.889. The Morgan fingerprint density at radius 3 is 2.59 bits per heavy atom. The molecule has 2 aliphatic heterocycles. The molecular weight excluding hydrogens is 276 g/mol. The molecule has 0 spiro atoms. The summed E-state index contributed by atoms with van der Waals surface area (Å²) in [6.07, 6.45) is 1.86. The third-order valence-electron chi connectivity index (χ3n) is 5.58. The van der Waals surface area contributed by atoms with Crippen molar-refractivity contribution in [2.75, 3.05) is 33.8 Å². The Kier molecular flexibility index (Phi) is 4.44. The smallest absolute Gasteiger partial charge is 0.128 e. The van der Waals surface area contributed by atoms with Gasteiger partial charge in [-0.1, -0.05) is 12.1 Å². The molecule has 1 aromatic carbocycles. The standard InChI is InChI=1S/C18H28N2O2/c1-12-5-6-15-17(21)16(11-22-18(15)13(12)2)20(4)14-7-9-19(3)10-8-14/h5-6,14,16-17,21H,7-11H2,1-4H3. The van der Waals surface area contributed by atoms with Gasteiger partial charge in [0.25, 0.3) is 0 Å². The van der Waals surface area contributed by atoms with Crippen molar-refractivity contribution in [1.82, 2.24) is 9.80 Å². The molecule has 2 unspecified atom stereocenters. The molecule has 0 aromatic heterocycles. The monoisotopic (exact) mass is 304 g/mol. The van der Waals surface area contributed by atoms with Gasteiger partial charge in [0.2, 0.25) is 0 Å². The van der Waals surface area contributed by atoms with Gasteiger partial charge in [0.1, 0.15) is 18.5 Å². The zero-order valence-corrected chi connectivity index (χ0v) is 14.2. The van der Waals surface area contributed by atoms with Gasteiger partial charge in [0, 0.05) is 11.6 Å². The summed E-state index contributed by atoms with van der Waals surface area (Å²) in [4.78, 5) is 4.72. The molecule has 3 rings (SSSR count). The van der Waals surface area contributed by atoms with Crippen molar-refractivity contribution in [2.45, 2.75) is 44.9 Å². The number of aliphatic hydroxyl groups excluding tert-OH is 1. The van der Waals surface area contributed by atoms with Crippen molar-refractivity contribution >= 4 is 0 Å². The number of aliphatic hydroxyl groups is 1. The number of hydrogen-bond acceptors (Lipinski definition) is 4. The molecule has 0 saturated carbocycles. The Balaban J connectivity index is 1.78. The van der Waals surface area contributed by atoms with Gasteiger partial charge in [-0.3, -0.25) is 4.90 Å². The molecule has 0 radical (unpaired) electrons. The highest BCUT2D eigenvalue weighted by atomic mass is 16.5. The van der Waals surface area contributed by atoms with Gasteiger partial charge in [-0.05, 0) is 65.0 Å². The van der Waals surface area contributed by atoms with E-state index in [-0.39, 0.29) is 6.04 Å². The number of ether oxygens (including phenoxy) is 1. The van der Waals surface area contributed by atoms with E-state index in [2.05, 4.69) is 43.8 Å². The normalized spacial score (nSPS) is 26.8. The minimum atomic E-state index is -0.465. The molecule has 4 heteroatoms. The topological polar surface area (TPSA) is 35.9 Å². The summed E-state index contributed by atoms with van der Waals surface area (Å²) in [6, 6.07) is 4.69. The van der Waals surface area contributed by atoms with E-state index in [9.17, 15) is 5.11 Å². The quantitative estimate of drug-likeness (QED) is 0.908. The maximum absolute atomic E-state index is 10.9. The van der Waals surface area contributed by atoms with E-state index in [0.29, 0.717) is 12.6 Å². The lowest BCUT2D eigenvalue weighted by Crippen LogP contribution is -2.51. The SMILES string of the molecule is Cc1ccc2c(c1C)OCC(N(C)C1CCN(C)CC1)C2O. The maximum Gasteiger partial charge on any atom is 0.128 e. The predicted octanol–water partition coefficient (Wildman–Crippen LogP) is 2.12. The number of rotatable bonds is 2. The molecule has 4 nitrogen and oxygen atoms in total. The molecule has 1 aromatic rings. The Hall–Kier alpha value is -1.10. The fourth-order valence-electron chi connectivity index (χ4n) is 3.72. The van der Waals surface area contributed by atoms with E-state index in [1.165, 1.54) is 5.56 Å². The first kappa shape index (κ1) is 15.8. The van der Waals surface area contributed by atoms with Crippen LogP contribution in [-0.4, -0.2) is 60.8 Å².